The summed E-state index contributed by atoms with van der Waals surface area (Å²) in [4.78, 5) is 4.52. The van der Waals surface area contributed by atoms with Crippen LogP contribution in [-0.2, 0) is 21.3 Å². The van der Waals surface area contributed by atoms with Crippen LogP contribution in [0.15, 0.2) is 119 Å². The molecular formula is C35H34Cl2N2Zr. The van der Waals surface area contributed by atoms with E-state index in [-0.39, 0.29) is 24.8 Å². The van der Waals surface area contributed by atoms with Crippen molar-refractivity contribution in [1.29, 1.82) is 0 Å². The van der Waals surface area contributed by atoms with Gasteiger partial charge in [0.25, 0.3) is 0 Å². The van der Waals surface area contributed by atoms with E-state index in [0.717, 1.165) is 6.42 Å². The van der Waals surface area contributed by atoms with Crippen LogP contribution in [0.3, 0.4) is 0 Å². The molecular weight excluding hydrogens is 611 g/mol. The molecule has 0 bridgehead atoms. The average Bonchev–Trinajstić information content (AvgIpc) is 3.59. The molecule has 0 N–H and O–H groups in total. The third-order valence-electron chi connectivity index (χ3n) is 7.80. The van der Waals surface area contributed by atoms with E-state index in [1.165, 1.54) is 44.8 Å². The van der Waals surface area contributed by atoms with Crippen molar-refractivity contribution in [2.24, 2.45) is 0 Å². The van der Waals surface area contributed by atoms with Crippen molar-refractivity contribution >= 4 is 14.6 Å². The Balaban J connectivity index is 0.00000185. The molecule has 0 saturated carbocycles. The first kappa shape index (κ1) is 30.3. The van der Waals surface area contributed by atoms with Gasteiger partial charge in [0.05, 0.1) is 0 Å². The standard InChI is InChI=1S/C17H19N2.C13H10.C5H5.2ClH.Zr/c1-18(2)14-8-9-15-13(11-14)10-12-6-5-7-16(17(12)15)19(3)4;1-3-7-12(8-4-1)11-13-9-5-2-6-10-13;1-2-4-5-3-1;;;/h5-11H,1-4H3;1-10H;1-3H,4H2;2*1H;/q;;;;;+2/p-2. The summed E-state index contributed by atoms with van der Waals surface area (Å²) < 4.78 is 3.67. The first-order chi connectivity index (χ1) is 18.5. The molecule has 0 heterocycles. The summed E-state index contributed by atoms with van der Waals surface area (Å²) in [6.07, 6.45) is 8.16. The van der Waals surface area contributed by atoms with Gasteiger partial charge in [0, 0.05) is 0 Å². The van der Waals surface area contributed by atoms with Crippen LogP contribution in [0, 0.1) is 0 Å². The molecule has 40 heavy (non-hydrogen) atoms. The van der Waals surface area contributed by atoms with E-state index < -0.39 is 21.3 Å². The summed E-state index contributed by atoms with van der Waals surface area (Å²) >= 11 is -2.64. The fraction of sp³-hybridized carbons (Fsp3) is 0.171. The van der Waals surface area contributed by atoms with Crippen molar-refractivity contribution in [3.63, 3.8) is 0 Å². The van der Waals surface area contributed by atoms with Gasteiger partial charge in [0.15, 0.2) is 0 Å². The largest absolute Gasteiger partial charge is 1.00 e. The second-order valence-corrected chi connectivity index (χ2v) is 16.8. The van der Waals surface area contributed by atoms with Crippen molar-refractivity contribution in [3.05, 3.63) is 141 Å². The van der Waals surface area contributed by atoms with Crippen LogP contribution in [0.1, 0.15) is 32.3 Å². The van der Waals surface area contributed by atoms with Crippen LogP contribution >= 0.6 is 0 Å². The Morgan fingerprint density at radius 2 is 1.35 bits per heavy atom. The van der Waals surface area contributed by atoms with Crippen LogP contribution in [0.4, 0.5) is 11.4 Å². The van der Waals surface area contributed by atoms with E-state index in [1.54, 1.807) is 6.49 Å². The molecule has 0 radical (unpaired) electrons. The minimum absolute atomic E-state index is 0. The van der Waals surface area contributed by atoms with Gasteiger partial charge in [-0.05, 0) is 0 Å². The third kappa shape index (κ3) is 5.45. The Bertz CT molecular complexity index is 1550. The van der Waals surface area contributed by atoms with Gasteiger partial charge in [-0.15, -0.1) is 0 Å². The molecule has 202 valence electrons. The smallest absolute Gasteiger partial charge is 1.00 e. The molecule has 0 saturated heterocycles. The van der Waals surface area contributed by atoms with Crippen molar-refractivity contribution in [2.75, 3.05) is 38.0 Å². The van der Waals surface area contributed by atoms with E-state index >= 15 is 0 Å². The van der Waals surface area contributed by atoms with E-state index in [0.29, 0.717) is 3.63 Å². The fourth-order valence-corrected chi connectivity index (χ4v) is 15.0. The van der Waals surface area contributed by atoms with E-state index in [2.05, 4.69) is 153 Å². The second kappa shape index (κ2) is 12.9. The average molecular weight is 645 g/mol. The zero-order valence-corrected chi connectivity index (χ0v) is 27.4. The maximum atomic E-state index is 2.48. The predicted molar refractivity (Wildman–Crippen MR) is 160 cm³/mol. The number of halogens is 2. The van der Waals surface area contributed by atoms with Crippen LogP contribution in [-0.4, -0.2) is 31.4 Å². The van der Waals surface area contributed by atoms with Gasteiger partial charge in [0.1, 0.15) is 0 Å². The van der Waals surface area contributed by atoms with Crippen LogP contribution in [0.5, 0.6) is 0 Å². The Kier molecular flexibility index (Phi) is 9.73. The molecule has 0 spiro atoms. The summed E-state index contributed by atoms with van der Waals surface area (Å²) in [5.74, 6) is 0. The Morgan fingerprint density at radius 3 is 1.90 bits per heavy atom. The predicted octanol–water partition coefficient (Wildman–Crippen LogP) is 1.63. The summed E-state index contributed by atoms with van der Waals surface area (Å²) in [6, 6.07) is 36.5. The Hall–Kier alpha value is -2.71. The molecule has 6 rings (SSSR count). The number of rotatable bonds is 6. The van der Waals surface area contributed by atoms with Gasteiger partial charge in [0.2, 0.25) is 0 Å². The summed E-state index contributed by atoms with van der Waals surface area (Å²) in [5.41, 5.74) is 11.2. The van der Waals surface area contributed by atoms with Crippen molar-refractivity contribution in [2.45, 2.75) is 10.0 Å². The molecule has 0 amide bonds. The normalized spacial score (nSPS) is 14.1. The minimum Gasteiger partial charge on any atom is -1.00 e. The zero-order valence-electron chi connectivity index (χ0n) is 23.4. The third-order valence-corrected chi connectivity index (χ3v) is 16.1. The van der Waals surface area contributed by atoms with Gasteiger partial charge in [-0.25, -0.2) is 0 Å². The first-order valence-electron chi connectivity index (χ1n) is 13.4. The molecule has 2 nitrogen and oxygen atoms in total. The van der Waals surface area contributed by atoms with Crippen molar-refractivity contribution < 1.29 is 46.1 Å². The summed E-state index contributed by atoms with van der Waals surface area (Å²) in [7, 11) is 8.65. The quantitative estimate of drug-likeness (QED) is 0.315. The molecule has 1 unspecified atom stereocenters. The maximum absolute atomic E-state index is 2.64. The van der Waals surface area contributed by atoms with Crippen molar-refractivity contribution in [3.8, 4) is 11.1 Å². The van der Waals surface area contributed by atoms with E-state index in [9.17, 15) is 0 Å². The van der Waals surface area contributed by atoms with Gasteiger partial charge in [-0.3, -0.25) is 0 Å². The van der Waals surface area contributed by atoms with Crippen molar-refractivity contribution in [1.82, 2.24) is 0 Å². The van der Waals surface area contributed by atoms with Gasteiger partial charge in [-0.1, -0.05) is 0 Å². The SMILES string of the molecule is CN(C)c1ccc2c(c1)[CH]([Zr+2]([C]1=CC=CC1)=[C](c1ccccc1)c1ccccc1)c1cccc(N(C)C)c1-2.[Cl-].[Cl-]. The van der Waals surface area contributed by atoms with Crippen LogP contribution in [0.2, 0.25) is 0 Å². The minimum atomic E-state index is -2.64. The number of hydrogen-bond acceptors (Lipinski definition) is 2. The second-order valence-electron chi connectivity index (χ2n) is 10.6. The first-order valence-corrected chi connectivity index (χ1v) is 17.2. The van der Waals surface area contributed by atoms with Gasteiger partial charge < -0.3 is 24.8 Å². The van der Waals surface area contributed by atoms with E-state index in [1.807, 2.05) is 0 Å². The molecule has 4 aromatic carbocycles. The molecule has 5 heteroatoms. The number of anilines is 2. The Morgan fingerprint density at radius 1 is 0.700 bits per heavy atom. The Labute approximate surface area is 259 Å². The molecule has 2 aliphatic rings. The molecule has 4 aromatic rings. The van der Waals surface area contributed by atoms with E-state index in [4.69, 9.17) is 0 Å². The number of fused-ring (bicyclic) bond motifs is 3. The van der Waals surface area contributed by atoms with Gasteiger partial charge >= 0.3 is 236 Å². The molecule has 0 aliphatic heterocycles. The number of hydrogen-bond donors (Lipinski definition) is 0. The number of allylic oxidation sites excluding steroid dienone is 4. The fourth-order valence-electron chi connectivity index (χ4n) is 6.06. The molecule has 0 fully saturated rings. The monoisotopic (exact) mass is 642 g/mol. The topological polar surface area (TPSA) is 6.48 Å². The zero-order chi connectivity index (χ0) is 26.2. The molecule has 0 aromatic heterocycles. The number of nitrogens with zero attached hydrogens (tertiary/aromatic N) is 2. The maximum Gasteiger partial charge on any atom is -1.00 e. The number of benzene rings is 4. The summed E-state index contributed by atoms with van der Waals surface area (Å²) in [5, 5.41) is 0. The summed E-state index contributed by atoms with van der Waals surface area (Å²) in [6.45, 7) is 0. The molecule has 1 atom stereocenters. The van der Waals surface area contributed by atoms with Crippen LogP contribution < -0.4 is 34.6 Å². The molecule has 2 aliphatic carbocycles. The van der Waals surface area contributed by atoms with Crippen LogP contribution in [0.25, 0.3) is 11.1 Å². The van der Waals surface area contributed by atoms with Gasteiger partial charge in [-0.2, -0.15) is 0 Å².